The fourth-order valence-electron chi connectivity index (χ4n) is 9.28. The molecule has 2 aliphatic heterocycles. The van der Waals surface area contributed by atoms with Crippen LogP contribution in [0.15, 0.2) is 186 Å². The zero-order valence-electron chi connectivity index (χ0n) is 28.6. The third-order valence-corrected chi connectivity index (χ3v) is 11.3. The molecule has 8 aromatic carbocycles. The predicted molar refractivity (Wildman–Crippen MR) is 222 cm³/mol. The molecule has 0 radical (unpaired) electrons. The summed E-state index contributed by atoms with van der Waals surface area (Å²) >= 11 is 0. The first-order valence-electron chi connectivity index (χ1n) is 18.2. The maximum Gasteiger partial charge on any atom is 0.333 e. The van der Waals surface area contributed by atoms with E-state index in [9.17, 15) is 0 Å². The topological polar surface area (TPSA) is 24.6 Å². The number of hydrogen-bond acceptors (Lipinski definition) is 3. The summed E-state index contributed by atoms with van der Waals surface area (Å²) < 4.78 is 9.56. The minimum absolute atomic E-state index is 0.0694. The summed E-state index contributed by atoms with van der Waals surface area (Å²) in [6.45, 7) is -0.0694. The van der Waals surface area contributed by atoms with Crippen LogP contribution in [0.1, 0.15) is 0 Å². The number of benzene rings is 8. The molecule has 246 valence electrons. The Morgan fingerprint density at radius 2 is 1.15 bits per heavy atom. The fraction of sp³-hybridized carbons (Fsp3) is 0. The molecular weight excluding hydrogens is 645 g/mol. The van der Waals surface area contributed by atoms with E-state index in [0.717, 1.165) is 39.3 Å². The van der Waals surface area contributed by atoms with Crippen LogP contribution >= 0.6 is 0 Å². The van der Waals surface area contributed by atoms with E-state index < -0.39 is 0 Å². The molecule has 0 atom stereocenters. The van der Waals surface area contributed by atoms with Gasteiger partial charge in [-0.25, -0.2) is 0 Å². The van der Waals surface area contributed by atoms with Crippen molar-refractivity contribution in [3.05, 3.63) is 182 Å². The summed E-state index contributed by atoms with van der Waals surface area (Å²) in [5.74, 6) is 0. The number of fused-ring (bicyclic) bond motifs is 13. The van der Waals surface area contributed by atoms with Crippen LogP contribution in [0.4, 0.5) is 28.4 Å². The number of anilines is 5. The first-order valence-corrected chi connectivity index (χ1v) is 18.2. The Bertz CT molecular complexity index is 3040. The number of hydrogen-bond donors (Lipinski definition) is 0. The molecular formula is C48H30BN3O. The monoisotopic (exact) mass is 675 g/mol. The van der Waals surface area contributed by atoms with Gasteiger partial charge in [0, 0.05) is 66.8 Å². The standard InChI is InChI=1S/C48H30BN3O/c1-4-16-31(17-5-1)50(32-18-6-2-7-19-32)34-28-29-36-41(30-34)51-40-26-14-12-24-38(40)49-46-45(35-22-10-13-25-39(35)52(49)33-20-8-3-9-21-33)48-44(43(36)47(46)51)37-23-11-15-27-42(37)53-48/h1-30H. The van der Waals surface area contributed by atoms with Gasteiger partial charge in [0.1, 0.15) is 11.2 Å². The van der Waals surface area contributed by atoms with E-state index in [1.165, 1.54) is 60.6 Å². The van der Waals surface area contributed by atoms with E-state index in [4.69, 9.17) is 4.42 Å². The SMILES string of the molecule is c1ccc(N2B3c4ccccc4-n4c5cc(N(c6ccccc6)c6ccccc6)ccc5c5c6c(oc7ccccc76)c(c3c54)-c3ccccc32)cc1. The van der Waals surface area contributed by atoms with Crippen LogP contribution in [-0.2, 0) is 0 Å². The number of aromatic nitrogens is 1. The second-order valence-corrected chi connectivity index (χ2v) is 14.0. The highest BCUT2D eigenvalue weighted by molar-refractivity contribution is 6.94. The van der Waals surface area contributed by atoms with Gasteiger partial charge in [0.2, 0.25) is 0 Å². The summed E-state index contributed by atoms with van der Waals surface area (Å²) in [5, 5.41) is 4.77. The van der Waals surface area contributed by atoms with Gasteiger partial charge in [0.05, 0.1) is 11.0 Å². The Hall–Kier alpha value is -6.98. The van der Waals surface area contributed by atoms with Gasteiger partial charge in [-0.15, -0.1) is 0 Å². The smallest absolute Gasteiger partial charge is 0.333 e. The van der Waals surface area contributed by atoms with Crippen molar-refractivity contribution in [1.29, 1.82) is 0 Å². The second-order valence-electron chi connectivity index (χ2n) is 14.0. The van der Waals surface area contributed by atoms with Crippen molar-refractivity contribution >= 4 is 90.0 Å². The number of furan rings is 1. The lowest BCUT2D eigenvalue weighted by Gasteiger charge is -2.41. The molecule has 0 fully saturated rings. The van der Waals surface area contributed by atoms with E-state index in [0.29, 0.717) is 0 Å². The molecule has 0 bridgehead atoms. The molecule has 0 amide bonds. The van der Waals surface area contributed by atoms with Gasteiger partial charge in [-0.2, -0.15) is 0 Å². The lowest BCUT2D eigenvalue weighted by atomic mass is 9.44. The second kappa shape index (κ2) is 10.8. The molecule has 0 saturated carbocycles. The van der Waals surface area contributed by atoms with Crippen LogP contribution in [0.2, 0.25) is 0 Å². The van der Waals surface area contributed by atoms with Gasteiger partial charge in [0.25, 0.3) is 0 Å². The highest BCUT2D eigenvalue weighted by Gasteiger charge is 2.45. The Morgan fingerprint density at radius 3 is 1.92 bits per heavy atom. The van der Waals surface area contributed by atoms with E-state index in [2.05, 4.69) is 196 Å². The van der Waals surface area contributed by atoms with Crippen molar-refractivity contribution in [1.82, 2.24) is 4.57 Å². The third-order valence-electron chi connectivity index (χ3n) is 11.3. The maximum absolute atomic E-state index is 7.02. The maximum atomic E-state index is 7.02. The lowest BCUT2D eigenvalue weighted by Crippen LogP contribution is -2.60. The van der Waals surface area contributed by atoms with Crippen molar-refractivity contribution in [2.75, 3.05) is 9.71 Å². The summed E-state index contributed by atoms with van der Waals surface area (Å²) in [6, 6.07) is 65.6. The van der Waals surface area contributed by atoms with E-state index in [1.807, 2.05) is 0 Å². The zero-order chi connectivity index (χ0) is 34.6. The van der Waals surface area contributed by atoms with Gasteiger partial charge >= 0.3 is 6.85 Å². The molecule has 4 nitrogen and oxygen atoms in total. The van der Waals surface area contributed by atoms with Crippen LogP contribution in [0, 0.1) is 0 Å². The number of nitrogens with zero attached hydrogens (tertiary/aromatic N) is 3. The normalized spacial score (nSPS) is 12.8. The largest absolute Gasteiger partial charge is 0.455 e. The van der Waals surface area contributed by atoms with Crippen molar-refractivity contribution < 1.29 is 4.42 Å². The van der Waals surface area contributed by atoms with Gasteiger partial charge in [-0.05, 0) is 77.7 Å². The Labute approximate surface area is 306 Å². The highest BCUT2D eigenvalue weighted by Crippen LogP contribution is 2.51. The quantitative estimate of drug-likeness (QED) is 0.174. The van der Waals surface area contributed by atoms with Crippen molar-refractivity contribution in [3.8, 4) is 16.8 Å². The van der Waals surface area contributed by atoms with E-state index in [-0.39, 0.29) is 6.85 Å². The van der Waals surface area contributed by atoms with Crippen LogP contribution in [-0.4, -0.2) is 11.4 Å². The highest BCUT2D eigenvalue weighted by atomic mass is 16.3. The summed E-state index contributed by atoms with van der Waals surface area (Å²) in [4.78, 5) is 4.90. The van der Waals surface area contributed by atoms with Crippen LogP contribution < -0.4 is 20.6 Å². The minimum Gasteiger partial charge on any atom is -0.455 e. The van der Waals surface area contributed by atoms with Crippen molar-refractivity contribution in [2.45, 2.75) is 0 Å². The molecule has 4 heterocycles. The Morgan fingerprint density at radius 1 is 0.509 bits per heavy atom. The molecule has 0 spiro atoms. The molecule has 0 aliphatic carbocycles. The average Bonchev–Trinajstić information content (AvgIpc) is 3.78. The first-order chi connectivity index (χ1) is 26.3. The molecule has 0 saturated heterocycles. The first kappa shape index (κ1) is 28.7. The molecule has 53 heavy (non-hydrogen) atoms. The van der Waals surface area contributed by atoms with E-state index >= 15 is 0 Å². The molecule has 0 unspecified atom stereocenters. The lowest BCUT2D eigenvalue weighted by molar-refractivity contribution is 0.670. The number of rotatable bonds is 4. The molecule has 0 N–H and O–H groups in total. The Balaban J connectivity index is 1.28. The third kappa shape index (κ3) is 3.86. The van der Waals surface area contributed by atoms with Gasteiger partial charge in [-0.1, -0.05) is 115 Å². The molecule has 5 heteroatoms. The summed E-state index contributed by atoms with van der Waals surface area (Å²) in [5.41, 5.74) is 16.1. The van der Waals surface area contributed by atoms with Crippen LogP contribution in [0.3, 0.4) is 0 Å². The molecule has 2 aliphatic rings. The number of para-hydroxylation sites is 6. The van der Waals surface area contributed by atoms with Gasteiger partial charge < -0.3 is 18.7 Å². The molecule has 10 aromatic rings. The summed E-state index contributed by atoms with van der Waals surface area (Å²) in [6.07, 6.45) is 0. The molecule has 2 aromatic heterocycles. The van der Waals surface area contributed by atoms with Crippen molar-refractivity contribution in [3.63, 3.8) is 0 Å². The van der Waals surface area contributed by atoms with E-state index in [1.54, 1.807) is 0 Å². The van der Waals surface area contributed by atoms with Crippen molar-refractivity contribution in [2.24, 2.45) is 0 Å². The average molecular weight is 676 g/mol. The van der Waals surface area contributed by atoms with Gasteiger partial charge in [0.15, 0.2) is 0 Å². The van der Waals surface area contributed by atoms with Crippen LogP contribution in [0.25, 0.3) is 60.6 Å². The summed E-state index contributed by atoms with van der Waals surface area (Å²) in [7, 11) is 0. The predicted octanol–water partition coefficient (Wildman–Crippen LogP) is 11.4. The van der Waals surface area contributed by atoms with Crippen LogP contribution in [0.5, 0.6) is 0 Å². The zero-order valence-corrected chi connectivity index (χ0v) is 28.6. The Kier molecular flexibility index (Phi) is 5.83. The fourth-order valence-corrected chi connectivity index (χ4v) is 9.28. The minimum atomic E-state index is -0.0694. The van der Waals surface area contributed by atoms with Gasteiger partial charge in [-0.3, -0.25) is 0 Å². The molecule has 12 rings (SSSR count).